The van der Waals surface area contributed by atoms with Gasteiger partial charge < -0.3 is 14.7 Å². The molecule has 6 heteroatoms. The number of aliphatic hydroxyl groups is 1. The Bertz CT molecular complexity index is 741. The number of hydrogen-bond acceptors (Lipinski definition) is 5. The van der Waals surface area contributed by atoms with E-state index in [2.05, 4.69) is 23.8 Å². The summed E-state index contributed by atoms with van der Waals surface area (Å²) in [5.41, 5.74) is 7.38. The lowest BCUT2D eigenvalue weighted by molar-refractivity contribution is -0.134. The van der Waals surface area contributed by atoms with Crippen molar-refractivity contribution in [2.75, 3.05) is 26.3 Å². The van der Waals surface area contributed by atoms with Gasteiger partial charge in [-0.25, -0.2) is 5.43 Å². The molecule has 3 fully saturated rings. The van der Waals surface area contributed by atoms with Gasteiger partial charge in [-0.15, -0.1) is 0 Å². The molecular weight excluding hydrogens is 342 g/mol. The Morgan fingerprint density at radius 3 is 3.04 bits per heavy atom. The highest BCUT2D eigenvalue weighted by Gasteiger charge is 2.54. The molecule has 3 N–H and O–H groups in total. The van der Waals surface area contributed by atoms with Crippen LogP contribution < -0.4 is 15.6 Å². The number of carbonyl (C=O) groups excluding carboxylic acids is 1. The Labute approximate surface area is 160 Å². The first-order valence-electron chi connectivity index (χ1n) is 10.2. The lowest BCUT2D eigenvalue weighted by Crippen LogP contribution is -2.48. The molecule has 27 heavy (non-hydrogen) atoms. The van der Waals surface area contributed by atoms with E-state index in [1.807, 2.05) is 23.1 Å². The van der Waals surface area contributed by atoms with Crippen LogP contribution in [-0.4, -0.2) is 54.3 Å². The standard InChI is InChI=1S/C21H29N3O3/c1-13-6-7-17-15(8-13)19(23-22-17)20(26)24-9-16-14-4-2-3-5-18(14)27-12-21(16,10-24)11-25/h2-5,13,15-17,19,22-23,25H,6-12H2,1H3/t13?,15?,16-,17?,19?,21-/m1/s1. The lowest BCUT2D eigenvalue weighted by Gasteiger charge is -2.37. The third-order valence-electron chi connectivity index (χ3n) is 7.36. The maximum atomic E-state index is 13.4. The van der Waals surface area contributed by atoms with E-state index in [0.29, 0.717) is 37.6 Å². The largest absolute Gasteiger partial charge is 0.493 e. The monoisotopic (exact) mass is 371 g/mol. The highest BCUT2D eigenvalue weighted by atomic mass is 16.5. The van der Waals surface area contributed by atoms with Crippen molar-refractivity contribution in [1.29, 1.82) is 0 Å². The van der Waals surface area contributed by atoms with Gasteiger partial charge in [-0.2, -0.15) is 0 Å². The van der Waals surface area contributed by atoms with Gasteiger partial charge in [0.15, 0.2) is 0 Å². The molecule has 0 aromatic heterocycles. The van der Waals surface area contributed by atoms with E-state index < -0.39 is 5.41 Å². The summed E-state index contributed by atoms with van der Waals surface area (Å²) in [6.45, 7) is 4.01. The van der Waals surface area contributed by atoms with Crippen LogP contribution in [0.1, 0.15) is 37.7 Å². The normalized spacial score (nSPS) is 40.1. The fourth-order valence-corrected chi connectivity index (χ4v) is 5.76. The number of amides is 1. The maximum Gasteiger partial charge on any atom is 0.241 e. The number of hydrogen-bond donors (Lipinski definition) is 3. The minimum absolute atomic E-state index is 0.0369. The molecule has 0 spiro atoms. The molecule has 1 aromatic carbocycles. The summed E-state index contributed by atoms with van der Waals surface area (Å²) in [4.78, 5) is 15.4. The average molecular weight is 371 g/mol. The van der Waals surface area contributed by atoms with Gasteiger partial charge >= 0.3 is 0 Å². The number of carbonyl (C=O) groups is 1. The third kappa shape index (κ3) is 2.69. The minimum Gasteiger partial charge on any atom is -0.493 e. The van der Waals surface area contributed by atoms with Gasteiger partial charge in [0.2, 0.25) is 5.91 Å². The molecule has 4 aliphatic rings. The molecule has 1 aliphatic carbocycles. The Balaban J connectivity index is 1.39. The van der Waals surface area contributed by atoms with Crippen LogP contribution in [0, 0.1) is 17.3 Å². The predicted molar refractivity (Wildman–Crippen MR) is 101 cm³/mol. The van der Waals surface area contributed by atoms with E-state index in [-0.39, 0.29) is 24.5 Å². The summed E-state index contributed by atoms with van der Waals surface area (Å²) >= 11 is 0. The number of aliphatic hydroxyl groups excluding tert-OH is 1. The van der Waals surface area contributed by atoms with Crippen molar-refractivity contribution in [2.45, 2.75) is 44.2 Å². The summed E-state index contributed by atoms with van der Waals surface area (Å²) in [6, 6.07) is 8.28. The smallest absolute Gasteiger partial charge is 0.241 e. The molecular formula is C21H29N3O3. The average Bonchev–Trinajstić information content (AvgIpc) is 3.29. The fourth-order valence-electron chi connectivity index (χ4n) is 5.76. The molecule has 0 radical (unpaired) electrons. The van der Waals surface area contributed by atoms with Crippen molar-refractivity contribution in [3.8, 4) is 5.75 Å². The Morgan fingerprint density at radius 2 is 2.19 bits per heavy atom. The van der Waals surface area contributed by atoms with Crippen LogP contribution in [0.25, 0.3) is 0 Å². The molecule has 2 saturated heterocycles. The molecule has 5 rings (SSSR count). The van der Waals surface area contributed by atoms with Gasteiger partial charge in [0.25, 0.3) is 0 Å². The highest BCUT2D eigenvalue weighted by Crippen LogP contribution is 2.49. The van der Waals surface area contributed by atoms with Crippen LogP contribution in [0.2, 0.25) is 0 Å². The molecule has 1 aromatic rings. The maximum absolute atomic E-state index is 13.4. The second-order valence-corrected chi connectivity index (χ2v) is 9.07. The molecule has 146 valence electrons. The van der Waals surface area contributed by atoms with E-state index in [1.165, 1.54) is 6.42 Å². The zero-order valence-corrected chi connectivity index (χ0v) is 15.9. The zero-order valence-electron chi connectivity index (χ0n) is 15.9. The summed E-state index contributed by atoms with van der Waals surface area (Å²) in [6.07, 6.45) is 3.45. The number of fused-ring (bicyclic) bond motifs is 4. The van der Waals surface area contributed by atoms with Crippen LogP contribution >= 0.6 is 0 Å². The summed E-state index contributed by atoms with van der Waals surface area (Å²) in [7, 11) is 0. The van der Waals surface area contributed by atoms with Crippen LogP contribution in [0.3, 0.4) is 0 Å². The van der Waals surface area contributed by atoms with Crippen LogP contribution in [0.4, 0.5) is 0 Å². The van der Waals surface area contributed by atoms with E-state index >= 15 is 0 Å². The van der Waals surface area contributed by atoms with Crippen molar-refractivity contribution in [1.82, 2.24) is 15.8 Å². The van der Waals surface area contributed by atoms with Crippen LogP contribution in [0.15, 0.2) is 24.3 Å². The van der Waals surface area contributed by atoms with Crippen LogP contribution in [-0.2, 0) is 4.79 Å². The molecule has 3 heterocycles. The topological polar surface area (TPSA) is 73.8 Å². The predicted octanol–water partition coefficient (Wildman–Crippen LogP) is 1.26. The Hall–Kier alpha value is -1.63. The van der Waals surface area contributed by atoms with Gasteiger partial charge in [0.1, 0.15) is 11.8 Å². The second-order valence-electron chi connectivity index (χ2n) is 9.07. The number of rotatable bonds is 2. The third-order valence-corrected chi connectivity index (χ3v) is 7.36. The van der Waals surface area contributed by atoms with Crippen molar-refractivity contribution >= 4 is 5.91 Å². The minimum atomic E-state index is -0.394. The first kappa shape index (κ1) is 17.5. The number of benzene rings is 1. The van der Waals surface area contributed by atoms with Crippen molar-refractivity contribution in [2.24, 2.45) is 17.3 Å². The van der Waals surface area contributed by atoms with Crippen molar-refractivity contribution < 1.29 is 14.6 Å². The SMILES string of the molecule is CC1CCC2NNC(C(=O)N3C[C@@H]4c5ccccc5OC[C@]4(CO)C3)C2C1. The van der Waals surface area contributed by atoms with E-state index in [4.69, 9.17) is 4.74 Å². The van der Waals surface area contributed by atoms with Gasteiger partial charge in [-0.3, -0.25) is 10.2 Å². The van der Waals surface area contributed by atoms with Gasteiger partial charge in [0.05, 0.1) is 18.6 Å². The quantitative estimate of drug-likeness (QED) is 0.730. The first-order chi connectivity index (χ1) is 13.1. The molecule has 6 atom stereocenters. The van der Waals surface area contributed by atoms with E-state index in [1.54, 1.807) is 0 Å². The fraction of sp³-hybridized carbons (Fsp3) is 0.667. The number of hydrazine groups is 1. The number of nitrogens with zero attached hydrogens (tertiary/aromatic N) is 1. The Kier molecular flexibility index (Phi) is 4.18. The Morgan fingerprint density at radius 1 is 1.33 bits per heavy atom. The summed E-state index contributed by atoms with van der Waals surface area (Å²) in [5.74, 6) is 2.23. The summed E-state index contributed by atoms with van der Waals surface area (Å²) in [5, 5.41) is 10.2. The molecule has 0 bridgehead atoms. The van der Waals surface area contributed by atoms with E-state index in [0.717, 1.165) is 24.2 Å². The molecule has 3 aliphatic heterocycles. The van der Waals surface area contributed by atoms with E-state index in [9.17, 15) is 9.90 Å². The summed E-state index contributed by atoms with van der Waals surface area (Å²) < 4.78 is 5.96. The lowest BCUT2D eigenvalue weighted by atomic mass is 9.74. The van der Waals surface area contributed by atoms with Gasteiger partial charge in [-0.1, -0.05) is 25.1 Å². The van der Waals surface area contributed by atoms with Gasteiger partial charge in [-0.05, 0) is 36.8 Å². The highest BCUT2D eigenvalue weighted by molar-refractivity contribution is 5.83. The second kappa shape index (κ2) is 6.47. The molecule has 6 nitrogen and oxygen atoms in total. The molecule has 1 saturated carbocycles. The number of ether oxygens (including phenoxy) is 1. The van der Waals surface area contributed by atoms with Crippen molar-refractivity contribution in [3.05, 3.63) is 29.8 Å². The number of para-hydroxylation sites is 1. The molecule has 4 unspecified atom stereocenters. The molecule has 1 amide bonds. The number of likely N-dealkylation sites (tertiary alicyclic amines) is 1. The first-order valence-corrected chi connectivity index (χ1v) is 10.2. The van der Waals surface area contributed by atoms with Crippen LogP contribution in [0.5, 0.6) is 5.75 Å². The van der Waals surface area contributed by atoms with Crippen molar-refractivity contribution in [3.63, 3.8) is 0 Å². The van der Waals surface area contributed by atoms with Gasteiger partial charge in [0, 0.05) is 31.0 Å². The zero-order chi connectivity index (χ0) is 18.6. The number of nitrogens with one attached hydrogen (secondary N) is 2.